The summed E-state index contributed by atoms with van der Waals surface area (Å²) in [5.41, 5.74) is 2.72. The number of carboxylic acid groups (broad SMARTS) is 1. The lowest BCUT2D eigenvalue weighted by Crippen LogP contribution is -2.25. The van der Waals surface area contributed by atoms with Crippen LogP contribution in [0, 0.1) is 6.92 Å². The first-order valence-corrected chi connectivity index (χ1v) is 6.55. The summed E-state index contributed by atoms with van der Waals surface area (Å²) in [4.78, 5) is 26.8. The summed E-state index contributed by atoms with van der Waals surface area (Å²) in [6.45, 7) is 2.17. The van der Waals surface area contributed by atoms with Gasteiger partial charge >= 0.3 is 5.97 Å². The minimum Gasteiger partial charge on any atom is -0.478 e. The number of rotatable bonds is 5. The molecule has 1 heterocycles. The fourth-order valence-electron chi connectivity index (χ4n) is 1.94. The molecule has 5 heteroatoms. The van der Waals surface area contributed by atoms with Crippen LogP contribution < -0.4 is 5.32 Å². The molecule has 1 aromatic carbocycles. The molecule has 108 valence electrons. The van der Waals surface area contributed by atoms with E-state index in [1.165, 1.54) is 18.3 Å². The highest BCUT2D eigenvalue weighted by atomic mass is 16.4. The molecule has 0 saturated heterocycles. The number of carboxylic acids is 1. The molecule has 0 unspecified atom stereocenters. The topological polar surface area (TPSA) is 79.3 Å². The van der Waals surface area contributed by atoms with Crippen LogP contribution in [-0.4, -0.2) is 22.0 Å². The lowest BCUT2D eigenvalue weighted by molar-refractivity contribution is -0.120. The molecular weight excluding hydrogens is 268 g/mol. The van der Waals surface area contributed by atoms with Crippen LogP contribution in [0.2, 0.25) is 0 Å². The van der Waals surface area contributed by atoms with E-state index in [0.29, 0.717) is 12.1 Å². The second-order valence-corrected chi connectivity index (χ2v) is 4.72. The number of aromatic carboxylic acids is 1. The maximum atomic E-state index is 11.9. The van der Waals surface area contributed by atoms with Gasteiger partial charge in [0.2, 0.25) is 5.91 Å². The number of nitrogens with zero attached hydrogens (tertiary/aromatic N) is 1. The number of benzene rings is 1. The predicted octanol–water partition coefficient (Wildman–Crippen LogP) is 1.95. The van der Waals surface area contributed by atoms with Gasteiger partial charge in [0.05, 0.1) is 24.2 Å². The molecule has 2 aromatic rings. The van der Waals surface area contributed by atoms with Crippen molar-refractivity contribution in [3.05, 3.63) is 65.0 Å². The van der Waals surface area contributed by atoms with E-state index in [9.17, 15) is 9.59 Å². The summed E-state index contributed by atoms with van der Waals surface area (Å²) in [6.07, 6.45) is 1.72. The molecule has 0 saturated carbocycles. The molecule has 1 aromatic heterocycles. The summed E-state index contributed by atoms with van der Waals surface area (Å²) in [7, 11) is 0. The Morgan fingerprint density at radius 3 is 2.71 bits per heavy atom. The molecule has 2 rings (SSSR count). The Labute approximate surface area is 122 Å². The first-order chi connectivity index (χ1) is 10.1. The van der Waals surface area contributed by atoms with Crippen LogP contribution in [-0.2, 0) is 17.8 Å². The average Bonchev–Trinajstić information content (AvgIpc) is 2.48. The molecule has 0 aliphatic heterocycles. The molecule has 0 spiro atoms. The third-order valence-electron chi connectivity index (χ3n) is 3.14. The van der Waals surface area contributed by atoms with Crippen molar-refractivity contribution in [1.29, 1.82) is 0 Å². The first kappa shape index (κ1) is 14.7. The number of aromatic nitrogens is 1. The number of pyridine rings is 1. The zero-order valence-electron chi connectivity index (χ0n) is 11.7. The minimum absolute atomic E-state index is 0.119. The highest BCUT2D eigenvalue weighted by Crippen LogP contribution is 2.08. The Morgan fingerprint density at radius 1 is 1.24 bits per heavy atom. The van der Waals surface area contributed by atoms with Gasteiger partial charge in [0.25, 0.3) is 0 Å². The molecule has 0 aliphatic rings. The Bertz CT molecular complexity index is 668. The van der Waals surface area contributed by atoms with Gasteiger partial charge in [-0.1, -0.05) is 24.3 Å². The van der Waals surface area contributed by atoms with Crippen LogP contribution in [0.15, 0.2) is 42.6 Å². The quantitative estimate of drug-likeness (QED) is 0.879. The van der Waals surface area contributed by atoms with E-state index in [1.54, 1.807) is 0 Å². The van der Waals surface area contributed by atoms with Gasteiger partial charge in [-0.15, -0.1) is 0 Å². The molecule has 0 bridgehead atoms. The van der Waals surface area contributed by atoms with Gasteiger partial charge in [-0.2, -0.15) is 0 Å². The molecular formula is C16H16N2O3. The fraction of sp³-hybridized carbons (Fsp3) is 0.188. The van der Waals surface area contributed by atoms with E-state index >= 15 is 0 Å². The number of carbonyl (C=O) groups excluding carboxylic acids is 1. The van der Waals surface area contributed by atoms with Crippen LogP contribution in [0.3, 0.4) is 0 Å². The van der Waals surface area contributed by atoms with Gasteiger partial charge in [0.1, 0.15) is 0 Å². The summed E-state index contributed by atoms with van der Waals surface area (Å²) in [5, 5.41) is 11.6. The van der Waals surface area contributed by atoms with Crippen LogP contribution in [0.25, 0.3) is 0 Å². The number of nitrogens with one attached hydrogen (secondary N) is 1. The van der Waals surface area contributed by atoms with Crippen molar-refractivity contribution in [1.82, 2.24) is 10.3 Å². The molecule has 0 radical (unpaired) electrons. The molecule has 0 fully saturated rings. The average molecular weight is 284 g/mol. The van der Waals surface area contributed by atoms with E-state index in [4.69, 9.17) is 5.11 Å². The normalized spacial score (nSPS) is 10.1. The van der Waals surface area contributed by atoms with Crippen LogP contribution in [0.1, 0.15) is 27.2 Å². The van der Waals surface area contributed by atoms with Gasteiger partial charge in [-0.05, 0) is 30.2 Å². The van der Waals surface area contributed by atoms with Crippen LogP contribution in [0.4, 0.5) is 0 Å². The Hall–Kier alpha value is -2.69. The van der Waals surface area contributed by atoms with Crippen molar-refractivity contribution in [2.45, 2.75) is 19.9 Å². The molecule has 5 nitrogen and oxygen atoms in total. The first-order valence-electron chi connectivity index (χ1n) is 6.55. The molecule has 0 aliphatic carbocycles. The van der Waals surface area contributed by atoms with Gasteiger partial charge in [-0.3, -0.25) is 9.78 Å². The zero-order chi connectivity index (χ0) is 15.2. The SMILES string of the molecule is Cc1ccccc1CC(=O)NCc1cc(C(=O)O)ccn1. The largest absolute Gasteiger partial charge is 0.478 e. The minimum atomic E-state index is -1.01. The van der Waals surface area contributed by atoms with Crippen molar-refractivity contribution in [3.8, 4) is 0 Å². The standard InChI is InChI=1S/C16H16N2O3/c1-11-4-2-3-5-12(11)9-15(19)18-10-14-8-13(16(20)21)6-7-17-14/h2-8H,9-10H2,1H3,(H,18,19)(H,20,21). The number of aryl methyl sites for hydroxylation is 1. The van der Waals surface area contributed by atoms with Gasteiger partial charge in [0, 0.05) is 6.20 Å². The van der Waals surface area contributed by atoms with E-state index in [0.717, 1.165) is 11.1 Å². The van der Waals surface area contributed by atoms with Crippen molar-refractivity contribution in [2.75, 3.05) is 0 Å². The number of carbonyl (C=O) groups is 2. The zero-order valence-corrected chi connectivity index (χ0v) is 11.7. The molecule has 0 atom stereocenters. The van der Waals surface area contributed by atoms with Gasteiger partial charge in [-0.25, -0.2) is 4.79 Å². The third kappa shape index (κ3) is 4.14. The van der Waals surface area contributed by atoms with Crippen LogP contribution >= 0.6 is 0 Å². The van der Waals surface area contributed by atoms with E-state index in [-0.39, 0.29) is 18.0 Å². The number of amides is 1. The fourth-order valence-corrected chi connectivity index (χ4v) is 1.94. The third-order valence-corrected chi connectivity index (χ3v) is 3.14. The maximum absolute atomic E-state index is 11.9. The summed E-state index contributed by atoms with van der Waals surface area (Å²) >= 11 is 0. The van der Waals surface area contributed by atoms with E-state index < -0.39 is 5.97 Å². The summed E-state index contributed by atoms with van der Waals surface area (Å²) in [5.74, 6) is -1.13. The second kappa shape index (κ2) is 6.65. The predicted molar refractivity (Wildman–Crippen MR) is 77.9 cm³/mol. The molecule has 21 heavy (non-hydrogen) atoms. The highest BCUT2D eigenvalue weighted by Gasteiger charge is 2.07. The smallest absolute Gasteiger partial charge is 0.335 e. The van der Waals surface area contributed by atoms with Crippen LogP contribution in [0.5, 0.6) is 0 Å². The highest BCUT2D eigenvalue weighted by molar-refractivity contribution is 5.87. The summed E-state index contributed by atoms with van der Waals surface area (Å²) < 4.78 is 0. The van der Waals surface area contributed by atoms with E-state index in [1.807, 2.05) is 31.2 Å². The Kier molecular flexibility index (Phi) is 4.66. The Balaban J connectivity index is 1.94. The lowest BCUT2D eigenvalue weighted by atomic mass is 10.1. The maximum Gasteiger partial charge on any atom is 0.335 e. The molecule has 1 amide bonds. The van der Waals surface area contributed by atoms with Gasteiger partial charge < -0.3 is 10.4 Å². The molecule has 2 N–H and O–H groups in total. The number of hydrogen-bond donors (Lipinski definition) is 2. The van der Waals surface area contributed by atoms with Gasteiger partial charge in [0.15, 0.2) is 0 Å². The summed E-state index contributed by atoms with van der Waals surface area (Å²) in [6, 6.07) is 10.6. The van der Waals surface area contributed by atoms with E-state index in [2.05, 4.69) is 10.3 Å². The Morgan fingerprint density at radius 2 is 2.00 bits per heavy atom. The van der Waals surface area contributed by atoms with Crippen molar-refractivity contribution >= 4 is 11.9 Å². The monoisotopic (exact) mass is 284 g/mol. The number of hydrogen-bond acceptors (Lipinski definition) is 3. The van der Waals surface area contributed by atoms with Crippen molar-refractivity contribution in [2.24, 2.45) is 0 Å². The second-order valence-electron chi connectivity index (χ2n) is 4.72. The van der Waals surface area contributed by atoms with Crippen molar-refractivity contribution < 1.29 is 14.7 Å². The lowest BCUT2D eigenvalue weighted by Gasteiger charge is -2.07. The van der Waals surface area contributed by atoms with Crippen molar-refractivity contribution in [3.63, 3.8) is 0 Å².